The third kappa shape index (κ3) is 4.06. The lowest BCUT2D eigenvalue weighted by Crippen LogP contribution is -2.40. The highest BCUT2D eigenvalue weighted by Crippen LogP contribution is 2.29. The minimum Gasteiger partial charge on any atom is -0.495 e. The van der Waals surface area contributed by atoms with E-state index in [4.69, 9.17) is 4.74 Å². The number of carbonyl (C=O) groups excluding carboxylic acids is 1. The zero-order valence-corrected chi connectivity index (χ0v) is 17.9. The lowest BCUT2D eigenvalue weighted by atomic mass is 9.96. The normalized spacial score (nSPS) is 16.5. The summed E-state index contributed by atoms with van der Waals surface area (Å²) in [6.07, 6.45) is 3.63. The maximum absolute atomic E-state index is 13.0. The fraction of sp³-hybridized carbons (Fsp3) is 0.391. The molecule has 1 atom stereocenters. The third-order valence-corrected chi connectivity index (χ3v) is 5.69. The van der Waals surface area contributed by atoms with Gasteiger partial charge >= 0.3 is 0 Å². The van der Waals surface area contributed by atoms with Crippen LogP contribution in [0.25, 0.3) is 11.2 Å². The Balaban J connectivity index is 1.52. The van der Waals surface area contributed by atoms with Crippen LogP contribution in [0.2, 0.25) is 0 Å². The van der Waals surface area contributed by atoms with Gasteiger partial charge in [0.25, 0.3) is 0 Å². The Labute approximate surface area is 176 Å². The second kappa shape index (κ2) is 8.26. The van der Waals surface area contributed by atoms with Gasteiger partial charge in [-0.3, -0.25) is 4.79 Å². The van der Waals surface area contributed by atoms with Crippen molar-refractivity contribution in [2.45, 2.75) is 33.6 Å². The summed E-state index contributed by atoms with van der Waals surface area (Å²) in [7, 11) is 1.61. The van der Waals surface area contributed by atoms with Crippen molar-refractivity contribution in [3.05, 3.63) is 47.4 Å². The molecule has 1 amide bonds. The number of methoxy groups -OCH3 is 1. The molecule has 1 unspecified atom stereocenters. The number of aromatic nitrogens is 3. The molecular formula is C23H27N5O2. The van der Waals surface area contributed by atoms with Crippen LogP contribution in [0.15, 0.2) is 30.5 Å². The van der Waals surface area contributed by atoms with Gasteiger partial charge in [-0.05, 0) is 57.4 Å². The van der Waals surface area contributed by atoms with E-state index in [1.54, 1.807) is 7.11 Å². The number of benzene rings is 1. The molecule has 2 aromatic heterocycles. The quantitative estimate of drug-likeness (QED) is 0.711. The molecule has 3 heterocycles. The first-order chi connectivity index (χ1) is 14.4. The fourth-order valence-corrected chi connectivity index (χ4v) is 3.86. The van der Waals surface area contributed by atoms with Crippen molar-refractivity contribution in [1.82, 2.24) is 15.0 Å². The molecule has 0 radical (unpaired) electrons. The van der Waals surface area contributed by atoms with E-state index < -0.39 is 0 Å². The lowest BCUT2D eigenvalue weighted by molar-refractivity contribution is -0.120. The number of amides is 1. The number of nitrogens with one attached hydrogen (secondary N) is 1. The van der Waals surface area contributed by atoms with E-state index >= 15 is 0 Å². The Bertz CT molecular complexity index is 1100. The molecule has 4 rings (SSSR count). The molecule has 3 aromatic rings. The van der Waals surface area contributed by atoms with Crippen molar-refractivity contribution in [2.75, 3.05) is 30.4 Å². The van der Waals surface area contributed by atoms with Gasteiger partial charge in [-0.1, -0.05) is 6.07 Å². The molecule has 7 heteroatoms. The zero-order valence-electron chi connectivity index (χ0n) is 17.9. The van der Waals surface area contributed by atoms with E-state index in [0.29, 0.717) is 23.6 Å². The number of rotatable bonds is 4. The summed E-state index contributed by atoms with van der Waals surface area (Å²) in [6.45, 7) is 7.43. The molecule has 1 N–H and O–H groups in total. The summed E-state index contributed by atoms with van der Waals surface area (Å²) in [6, 6.07) is 7.80. The van der Waals surface area contributed by atoms with E-state index in [0.717, 1.165) is 47.5 Å². The van der Waals surface area contributed by atoms with Crippen LogP contribution in [0.3, 0.4) is 0 Å². The van der Waals surface area contributed by atoms with E-state index in [9.17, 15) is 4.79 Å². The highest BCUT2D eigenvalue weighted by Gasteiger charge is 2.27. The summed E-state index contributed by atoms with van der Waals surface area (Å²) in [4.78, 5) is 28.8. The van der Waals surface area contributed by atoms with Crippen molar-refractivity contribution >= 4 is 28.4 Å². The number of ether oxygens (including phenoxy) is 1. The lowest BCUT2D eigenvalue weighted by Gasteiger charge is -2.33. The van der Waals surface area contributed by atoms with Crippen LogP contribution < -0.4 is 15.0 Å². The summed E-state index contributed by atoms with van der Waals surface area (Å²) in [5.41, 5.74) is 6.00. The molecule has 30 heavy (non-hydrogen) atoms. The van der Waals surface area contributed by atoms with Crippen molar-refractivity contribution in [2.24, 2.45) is 5.92 Å². The number of anilines is 2. The van der Waals surface area contributed by atoms with E-state index in [-0.39, 0.29) is 11.8 Å². The topological polar surface area (TPSA) is 80.2 Å². The van der Waals surface area contributed by atoms with Gasteiger partial charge in [-0.2, -0.15) is 0 Å². The standard InChI is InChI=1S/C23H27N5O2/c1-14-7-8-21(30-4)19(10-14)27-23(29)17-6-5-9-28(13-17)18-11-20-22(24-12-18)26-16(3)15(2)25-20/h7-8,10-12,17H,5-6,9,13H2,1-4H3,(H,27,29). The highest BCUT2D eigenvalue weighted by molar-refractivity contribution is 5.94. The van der Waals surface area contributed by atoms with Crippen LogP contribution in [0.5, 0.6) is 5.75 Å². The first-order valence-electron chi connectivity index (χ1n) is 10.3. The van der Waals surface area contributed by atoms with Gasteiger partial charge in [-0.25, -0.2) is 15.0 Å². The van der Waals surface area contributed by atoms with Crippen LogP contribution in [0.4, 0.5) is 11.4 Å². The monoisotopic (exact) mass is 405 g/mol. The smallest absolute Gasteiger partial charge is 0.229 e. The van der Waals surface area contributed by atoms with Gasteiger partial charge in [-0.15, -0.1) is 0 Å². The fourth-order valence-electron chi connectivity index (χ4n) is 3.86. The Morgan fingerprint density at radius 1 is 1.17 bits per heavy atom. The molecule has 1 saturated heterocycles. The largest absolute Gasteiger partial charge is 0.495 e. The second-order valence-corrected chi connectivity index (χ2v) is 7.91. The van der Waals surface area contributed by atoms with Gasteiger partial charge in [0, 0.05) is 13.1 Å². The Morgan fingerprint density at radius 3 is 2.77 bits per heavy atom. The van der Waals surface area contributed by atoms with Crippen molar-refractivity contribution in [3.63, 3.8) is 0 Å². The van der Waals surface area contributed by atoms with Crippen molar-refractivity contribution in [3.8, 4) is 5.75 Å². The number of aryl methyl sites for hydroxylation is 3. The van der Waals surface area contributed by atoms with E-state index in [2.05, 4.69) is 25.2 Å². The van der Waals surface area contributed by atoms with E-state index in [1.165, 1.54) is 0 Å². The Kier molecular flexibility index (Phi) is 5.53. The molecule has 7 nitrogen and oxygen atoms in total. The number of hydrogen-bond donors (Lipinski definition) is 1. The minimum absolute atomic E-state index is 0.0172. The van der Waals surface area contributed by atoms with Gasteiger partial charge in [0.15, 0.2) is 5.65 Å². The summed E-state index contributed by atoms with van der Waals surface area (Å²) >= 11 is 0. The zero-order chi connectivity index (χ0) is 21.3. The summed E-state index contributed by atoms with van der Waals surface area (Å²) in [5.74, 6) is 0.582. The van der Waals surface area contributed by atoms with Crippen LogP contribution in [-0.4, -0.2) is 41.1 Å². The van der Waals surface area contributed by atoms with Gasteiger partial charge in [0.1, 0.15) is 11.3 Å². The first kappa shape index (κ1) is 20.1. The molecule has 1 aromatic carbocycles. The maximum Gasteiger partial charge on any atom is 0.229 e. The predicted molar refractivity (Wildman–Crippen MR) is 118 cm³/mol. The number of pyridine rings is 1. The average Bonchev–Trinajstić information content (AvgIpc) is 2.74. The molecule has 0 saturated carbocycles. The molecule has 1 fully saturated rings. The molecule has 0 aliphatic carbocycles. The predicted octanol–water partition coefficient (Wildman–Crippen LogP) is 3.81. The SMILES string of the molecule is COc1ccc(C)cc1NC(=O)C1CCCN(c2cnc3nc(C)c(C)nc3c2)C1. The average molecular weight is 406 g/mol. The van der Waals surface area contributed by atoms with Crippen LogP contribution in [-0.2, 0) is 4.79 Å². The number of fused-ring (bicyclic) bond motifs is 1. The molecular weight excluding hydrogens is 378 g/mol. The Morgan fingerprint density at radius 2 is 1.97 bits per heavy atom. The van der Waals surface area contributed by atoms with Gasteiger partial charge < -0.3 is 15.0 Å². The molecule has 1 aliphatic heterocycles. The number of hydrogen-bond acceptors (Lipinski definition) is 6. The molecule has 0 spiro atoms. The summed E-state index contributed by atoms with van der Waals surface area (Å²) < 4.78 is 5.39. The van der Waals surface area contributed by atoms with Crippen LogP contribution in [0, 0.1) is 26.7 Å². The number of carbonyl (C=O) groups is 1. The molecule has 1 aliphatic rings. The van der Waals surface area contributed by atoms with Gasteiger partial charge in [0.05, 0.1) is 42.0 Å². The van der Waals surface area contributed by atoms with Gasteiger partial charge in [0.2, 0.25) is 5.91 Å². The first-order valence-corrected chi connectivity index (χ1v) is 10.3. The summed E-state index contributed by atoms with van der Waals surface area (Å²) in [5, 5.41) is 3.06. The van der Waals surface area contributed by atoms with E-state index in [1.807, 2.05) is 51.2 Å². The van der Waals surface area contributed by atoms with Crippen molar-refractivity contribution < 1.29 is 9.53 Å². The second-order valence-electron chi connectivity index (χ2n) is 7.91. The Hall–Kier alpha value is -3.22. The van der Waals surface area contributed by atoms with Crippen molar-refractivity contribution in [1.29, 1.82) is 0 Å². The van der Waals surface area contributed by atoms with Crippen LogP contribution >= 0.6 is 0 Å². The minimum atomic E-state index is -0.106. The van der Waals surface area contributed by atoms with Crippen LogP contribution in [0.1, 0.15) is 29.8 Å². The maximum atomic E-state index is 13.0. The molecule has 0 bridgehead atoms. The number of piperidine rings is 1. The molecule has 156 valence electrons. The highest BCUT2D eigenvalue weighted by atomic mass is 16.5. The number of nitrogens with zero attached hydrogens (tertiary/aromatic N) is 4. The third-order valence-electron chi connectivity index (χ3n) is 5.69.